The Kier molecular flexibility index (Phi) is 7.88. The molecule has 0 aliphatic carbocycles. The van der Waals surface area contributed by atoms with Crippen LogP contribution in [0.4, 0.5) is 17.1 Å². The van der Waals surface area contributed by atoms with E-state index in [1.807, 2.05) is 13.0 Å². The first-order valence-electron chi connectivity index (χ1n) is 9.10. The van der Waals surface area contributed by atoms with Crippen LogP contribution in [-0.2, 0) is 14.4 Å². The lowest BCUT2D eigenvalue weighted by atomic mass is 10.2. The van der Waals surface area contributed by atoms with Gasteiger partial charge >= 0.3 is 0 Å². The van der Waals surface area contributed by atoms with Gasteiger partial charge in [0.2, 0.25) is 17.7 Å². The van der Waals surface area contributed by atoms with Crippen LogP contribution in [-0.4, -0.2) is 42.3 Å². The molecule has 0 fully saturated rings. The van der Waals surface area contributed by atoms with Gasteiger partial charge in [0.05, 0.1) is 24.3 Å². The summed E-state index contributed by atoms with van der Waals surface area (Å²) in [6.07, 6.45) is 0. The van der Waals surface area contributed by atoms with Gasteiger partial charge in [0.15, 0.2) is 0 Å². The summed E-state index contributed by atoms with van der Waals surface area (Å²) in [5, 5.41) is 17.2. The first-order valence-corrected chi connectivity index (χ1v) is 9.10. The number of para-hydroxylation sites is 1. The summed E-state index contributed by atoms with van der Waals surface area (Å²) < 4.78 is 0. The predicted octanol–water partition coefficient (Wildman–Crippen LogP) is 2.42. The second-order valence-electron chi connectivity index (χ2n) is 6.32. The second-order valence-corrected chi connectivity index (χ2v) is 6.32. The molecule has 29 heavy (non-hydrogen) atoms. The Morgan fingerprint density at radius 1 is 0.897 bits per heavy atom. The van der Waals surface area contributed by atoms with Crippen LogP contribution in [0.15, 0.2) is 48.5 Å². The highest BCUT2D eigenvalue weighted by atomic mass is 16.2. The second kappa shape index (κ2) is 10.6. The van der Waals surface area contributed by atoms with E-state index in [1.165, 1.54) is 6.92 Å². The summed E-state index contributed by atoms with van der Waals surface area (Å²) >= 11 is 0. The molecule has 0 saturated carbocycles. The molecule has 8 nitrogen and oxygen atoms in total. The molecule has 3 amide bonds. The van der Waals surface area contributed by atoms with Gasteiger partial charge in [-0.25, -0.2) is 0 Å². The molecule has 2 aromatic rings. The fourth-order valence-corrected chi connectivity index (χ4v) is 2.61. The lowest BCUT2D eigenvalue weighted by Gasteiger charge is -2.19. The summed E-state index contributed by atoms with van der Waals surface area (Å²) in [5.74, 6) is -0.734. The number of benzene rings is 2. The smallest absolute Gasteiger partial charge is 0.238 e. The maximum Gasteiger partial charge on any atom is 0.238 e. The zero-order chi connectivity index (χ0) is 21.2. The predicted molar refractivity (Wildman–Crippen MR) is 111 cm³/mol. The maximum absolute atomic E-state index is 12.3. The van der Waals surface area contributed by atoms with Gasteiger partial charge in [0, 0.05) is 18.3 Å². The molecule has 3 N–H and O–H groups in total. The molecule has 0 bridgehead atoms. The Bertz CT molecular complexity index is 919. The van der Waals surface area contributed by atoms with E-state index < -0.39 is 0 Å². The molecule has 0 aromatic heterocycles. The van der Waals surface area contributed by atoms with E-state index in [0.717, 1.165) is 0 Å². The minimum Gasteiger partial charge on any atom is -0.326 e. The van der Waals surface area contributed by atoms with Crippen molar-refractivity contribution in [2.45, 2.75) is 13.8 Å². The minimum absolute atomic E-state index is 0.0190. The van der Waals surface area contributed by atoms with E-state index in [2.05, 4.69) is 16.0 Å². The number of nitriles is 1. The Morgan fingerprint density at radius 2 is 1.45 bits per heavy atom. The van der Waals surface area contributed by atoms with Gasteiger partial charge in [-0.05, 0) is 42.9 Å². The van der Waals surface area contributed by atoms with E-state index in [4.69, 9.17) is 5.26 Å². The van der Waals surface area contributed by atoms with Crippen molar-refractivity contribution in [3.8, 4) is 6.07 Å². The third kappa shape index (κ3) is 7.08. The van der Waals surface area contributed by atoms with E-state index in [9.17, 15) is 14.4 Å². The molecule has 0 heterocycles. The summed E-state index contributed by atoms with van der Waals surface area (Å²) in [7, 11) is 0. The molecule has 0 radical (unpaired) electrons. The van der Waals surface area contributed by atoms with Crippen molar-refractivity contribution in [1.29, 1.82) is 5.26 Å². The number of hydrogen-bond donors (Lipinski definition) is 3. The Hall–Kier alpha value is -3.70. The zero-order valence-corrected chi connectivity index (χ0v) is 16.4. The maximum atomic E-state index is 12.3. The van der Waals surface area contributed by atoms with Gasteiger partial charge in [-0.1, -0.05) is 19.1 Å². The molecular formula is C21H23N5O3. The first-order chi connectivity index (χ1) is 13.9. The number of amides is 3. The number of hydrogen-bond acceptors (Lipinski definition) is 5. The molecule has 0 aliphatic rings. The van der Waals surface area contributed by atoms with Gasteiger partial charge in [-0.15, -0.1) is 0 Å². The summed E-state index contributed by atoms with van der Waals surface area (Å²) in [4.78, 5) is 37.3. The monoisotopic (exact) mass is 393 g/mol. The number of carbonyl (C=O) groups excluding carboxylic acids is 3. The Balaban J connectivity index is 1.88. The number of likely N-dealkylation sites (N-methyl/N-ethyl adjacent to an activating group) is 1. The van der Waals surface area contributed by atoms with Crippen LogP contribution < -0.4 is 16.0 Å². The molecule has 150 valence electrons. The quantitative estimate of drug-likeness (QED) is 0.637. The van der Waals surface area contributed by atoms with Crippen molar-refractivity contribution in [2.24, 2.45) is 0 Å². The highest BCUT2D eigenvalue weighted by Crippen LogP contribution is 2.14. The molecule has 2 aromatic carbocycles. The van der Waals surface area contributed by atoms with E-state index in [-0.39, 0.29) is 30.8 Å². The van der Waals surface area contributed by atoms with Crippen LogP contribution in [0.5, 0.6) is 0 Å². The van der Waals surface area contributed by atoms with Crippen LogP contribution in [0, 0.1) is 11.3 Å². The number of rotatable bonds is 8. The molecule has 0 spiro atoms. The van der Waals surface area contributed by atoms with Gasteiger partial charge in [-0.3, -0.25) is 19.3 Å². The number of anilines is 3. The number of nitrogens with one attached hydrogen (secondary N) is 3. The normalized spacial score (nSPS) is 10.1. The van der Waals surface area contributed by atoms with Gasteiger partial charge in [0.1, 0.15) is 6.07 Å². The van der Waals surface area contributed by atoms with Crippen LogP contribution in [0.2, 0.25) is 0 Å². The highest BCUT2D eigenvalue weighted by molar-refractivity contribution is 5.95. The van der Waals surface area contributed by atoms with Crippen LogP contribution >= 0.6 is 0 Å². The van der Waals surface area contributed by atoms with Crippen LogP contribution in [0.3, 0.4) is 0 Å². The zero-order valence-electron chi connectivity index (χ0n) is 16.4. The molecule has 0 saturated heterocycles. The molecule has 0 atom stereocenters. The molecule has 0 aliphatic heterocycles. The molecule has 8 heteroatoms. The first kappa shape index (κ1) is 21.6. The van der Waals surface area contributed by atoms with Crippen molar-refractivity contribution in [3.63, 3.8) is 0 Å². The number of carbonyl (C=O) groups is 3. The third-order valence-corrected chi connectivity index (χ3v) is 3.99. The van der Waals surface area contributed by atoms with E-state index in [0.29, 0.717) is 29.2 Å². The van der Waals surface area contributed by atoms with Crippen molar-refractivity contribution in [2.75, 3.05) is 35.6 Å². The van der Waals surface area contributed by atoms with Crippen LogP contribution in [0.25, 0.3) is 0 Å². The summed E-state index contributed by atoms with van der Waals surface area (Å²) in [6, 6.07) is 15.5. The minimum atomic E-state index is -0.304. The lowest BCUT2D eigenvalue weighted by molar-refractivity contribution is -0.120. The molecular weight excluding hydrogens is 370 g/mol. The third-order valence-electron chi connectivity index (χ3n) is 3.99. The van der Waals surface area contributed by atoms with Gasteiger partial charge < -0.3 is 16.0 Å². The summed E-state index contributed by atoms with van der Waals surface area (Å²) in [6.45, 7) is 3.83. The number of nitrogens with zero attached hydrogens (tertiary/aromatic N) is 2. The van der Waals surface area contributed by atoms with Crippen molar-refractivity contribution >= 4 is 34.8 Å². The van der Waals surface area contributed by atoms with Gasteiger partial charge in [0.25, 0.3) is 0 Å². The fourth-order valence-electron chi connectivity index (χ4n) is 2.61. The average molecular weight is 393 g/mol. The molecule has 0 unspecified atom stereocenters. The highest BCUT2D eigenvalue weighted by Gasteiger charge is 2.14. The van der Waals surface area contributed by atoms with Crippen LogP contribution in [0.1, 0.15) is 19.4 Å². The molecule has 2 rings (SSSR count). The van der Waals surface area contributed by atoms with Crippen molar-refractivity contribution < 1.29 is 14.4 Å². The Morgan fingerprint density at radius 3 is 2.00 bits per heavy atom. The largest absolute Gasteiger partial charge is 0.326 e. The Labute approximate surface area is 169 Å². The lowest BCUT2D eigenvalue weighted by Crippen LogP contribution is -2.38. The van der Waals surface area contributed by atoms with Crippen molar-refractivity contribution in [3.05, 3.63) is 54.1 Å². The van der Waals surface area contributed by atoms with Crippen molar-refractivity contribution in [1.82, 2.24) is 4.90 Å². The van der Waals surface area contributed by atoms with E-state index >= 15 is 0 Å². The fraction of sp³-hybridized carbons (Fsp3) is 0.238. The average Bonchev–Trinajstić information content (AvgIpc) is 2.69. The van der Waals surface area contributed by atoms with Gasteiger partial charge in [-0.2, -0.15) is 5.26 Å². The summed E-state index contributed by atoms with van der Waals surface area (Å²) in [5.41, 5.74) is 2.05. The standard InChI is InChI=1S/C21H23N5O3/c1-3-26(14-21(29)25-19-7-5-4-6-16(19)12-22)13-20(28)24-18-10-8-17(9-11-18)23-15(2)27/h4-11H,3,13-14H2,1-2H3,(H,23,27)(H,24,28)(H,25,29). The topological polar surface area (TPSA) is 114 Å². The SMILES string of the molecule is CCN(CC(=O)Nc1ccc(NC(C)=O)cc1)CC(=O)Nc1ccccc1C#N. The van der Waals surface area contributed by atoms with E-state index in [1.54, 1.807) is 53.4 Å².